The number of hydrogen-bond donors (Lipinski definition) is 1. The minimum atomic E-state index is -0.639. The Kier molecular flexibility index (Phi) is 6.13. The number of rotatable bonds is 6. The molecule has 4 heteroatoms. The molecule has 1 saturated heterocycles. The molecule has 1 saturated carbocycles. The summed E-state index contributed by atoms with van der Waals surface area (Å²) in [6, 6.07) is 10.4. The molecule has 0 bridgehead atoms. The molecule has 1 aliphatic carbocycles. The van der Waals surface area contributed by atoms with E-state index in [1.54, 1.807) is 0 Å². The van der Waals surface area contributed by atoms with E-state index in [1.165, 1.54) is 5.56 Å². The van der Waals surface area contributed by atoms with Gasteiger partial charge in [0.25, 0.3) is 0 Å². The zero-order valence-electron chi connectivity index (χ0n) is 15.3. The zero-order valence-corrected chi connectivity index (χ0v) is 15.3. The van der Waals surface area contributed by atoms with E-state index < -0.39 is 5.60 Å². The van der Waals surface area contributed by atoms with Crippen molar-refractivity contribution in [3.05, 3.63) is 35.9 Å². The van der Waals surface area contributed by atoms with Crippen LogP contribution in [0.25, 0.3) is 0 Å². The molecule has 0 spiro atoms. The van der Waals surface area contributed by atoms with Crippen molar-refractivity contribution in [2.45, 2.75) is 63.5 Å². The molecule has 25 heavy (non-hydrogen) atoms. The fourth-order valence-corrected chi connectivity index (χ4v) is 4.55. The second-order valence-electron chi connectivity index (χ2n) is 7.79. The smallest absolute Gasteiger partial charge is 0.248 e. The monoisotopic (exact) mass is 345 g/mol. The first-order valence-electron chi connectivity index (χ1n) is 9.71. The molecule has 1 heterocycles. The van der Waals surface area contributed by atoms with Gasteiger partial charge in [0, 0.05) is 18.5 Å². The predicted octanol–water partition coefficient (Wildman–Crippen LogP) is 3.18. The second kappa shape index (κ2) is 8.33. The molecule has 1 N–H and O–H groups in total. The minimum absolute atomic E-state index is 0.0805. The van der Waals surface area contributed by atoms with E-state index >= 15 is 0 Å². The molecule has 2 aliphatic rings. The summed E-state index contributed by atoms with van der Waals surface area (Å²) in [5.74, 6) is 0.286. The zero-order chi connectivity index (χ0) is 17.7. The minimum Gasteiger partial charge on any atom is -0.390 e. The average Bonchev–Trinajstić information content (AvgIpc) is 3.08. The molecular weight excluding hydrogens is 314 g/mol. The van der Waals surface area contributed by atoms with Gasteiger partial charge in [0.15, 0.2) is 0 Å². The summed E-state index contributed by atoms with van der Waals surface area (Å²) < 4.78 is 5.65. The lowest BCUT2D eigenvalue weighted by Gasteiger charge is -2.43. The predicted molar refractivity (Wildman–Crippen MR) is 98.3 cm³/mol. The van der Waals surface area contributed by atoms with Crippen molar-refractivity contribution in [1.82, 2.24) is 4.90 Å². The van der Waals surface area contributed by atoms with E-state index in [-0.39, 0.29) is 24.5 Å². The van der Waals surface area contributed by atoms with Crippen LogP contribution in [0, 0.1) is 5.92 Å². The molecular formula is C21H31NO3. The van der Waals surface area contributed by atoms with E-state index in [4.69, 9.17) is 4.74 Å². The Hall–Kier alpha value is -1.39. The Labute approximate surface area is 151 Å². The van der Waals surface area contributed by atoms with Crippen LogP contribution in [-0.2, 0) is 16.0 Å². The number of nitrogens with zero attached hydrogens (tertiary/aromatic N) is 1. The van der Waals surface area contributed by atoms with E-state index in [0.29, 0.717) is 6.61 Å². The molecule has 4 nitrogen and oxygen atoms in total. The average molecular weight is 345 g/mol. The lowest BCUT2D eigenvalue weighted by Crippen LogP contribution is -2.51. The van der Waals surface area contributed by atoms with Crippen molar-refractivity contribution in [3.63, 3.8) is 0 Å². The third-order valence-electron chi connectivity index (χ3n) is 5.93. The van der Waals surface area contributed by atoms with Crippen LogP contribution in [0.15, 0.2) is 30.3 Å². The van der Waals surface area contributed by atoms with Gasteiger partial charge < -0.3 is 14.7 Å². The van der Waals surface area contributed by atoms with Crippen molar-refractivity contribution in [2.24, 2.45) is 5.92 Å². The van der Waals surface area contributed by atoms with Gasteiger partial charge in [-0.05, 0) is 44.6 Å². The fourth-order valence-electron chi connectivity index (χ4n) is 4.55. The number of aliphatic hydroxyl groups is 1. The molecule has 1 amide bonds. The number of amides is 1. The van der Waals surface area contributed by atoms with Crippen LogP contribution in [0.1, 0.15) is 51.0 Å². The first-order valence-corrected chi connectivity index (χ1v) is 9.71. The first-order chi connectivity index (χ1) is 12.1. The Balaban J connectivity index is 1.49. The standard InChI is InChI=1S/C21H31NO3/c1-21(24)13-6-5-10-18(21)19-11-7-14-22(19)20(23)16-25-15-12-17-8-3-2-4-9-17/h2-4,8-9,18-19,24H,5-7,10-16H2,1H3/t18-,19-,21-/m0/s1. The number of likely N-dealkylation sites (tertiary alicyclic amines) is 1. The van der Waals surface area contributed by atoms with Gasteiger partial charge in [-0.3, -0.25) is 4.79 Å². The molecule has 3 rings (SSSR count). The van der Waals surface area contributed by atoms with Gasteiger partial charge in [0.2, 0.25) is 5.91 Å². The van der Waals surface area contributed by atoms with Gasteiger partial charge in [-0.2, -0.15) is 0 Å². The third-order valence-corrected chi connectivity index (χ3v) is 5.93. The Morgan fingerprint density at radius 3 is 2.80 bits per heavy atom. The summed E-state index contributed by atoms with van der Waals surface area (Å²) in [4.78, 5) is 14.6. The van der Waals surface area contributed by atoms with Gasteiger partial charge >= 0.3 is 0 Å². The molecule has 2 fully saturated rings. The highest BCUT2D eigenvalue weighted by molar-refractivity contribution is 5.78. The molecule has 0 radical (unpaired) electrons. The molecule has 0 unspecified atom stereocenters. The maximum absolute atomic E-state index is 12.6. The van der Waals surface area contributed by atoms with Crippen LogP contribution in [0.4, 0.5) is 0 Å². The molecule has 0 aromatic heterocycles. The lowest BCUT2D eigenvalue weighted by atomic mass is 9.72. The van der Waals surface area contributed by atoms with Gasteiger partial charge in [-0.15, -0.1) is 0 Å². The third kappa shape index (κ3) is 4.62. The summed E-state index contributed by atoms with van der Waals surface area (Å²) >= 11 is 0. The van der Waals surface area contributed by atoms with Crippen LogP contribution in [0.5, 0.6) is 0 Å². The summed E-state index contributed by atoms with van der Waals surface area (Å²) in [7, 11) is 0. The normalized spacial score (nSPS) is 29.8. The fraction of sp³-hybridized carbons (Fsp3) is 0.667. The van der Waals surface area contributed by atoms with E-state index in [2.05, 4.69) is 12.1 Å². The lowest BCUT2D eigenvalue weighted by molar-refractivity contribution is -0.141. The number of ether oxygens (including phenoxy) is 1. The molecule has 1 aromatic carbocycles. The van der Waals surface area contributed by atoms with Crippen LogP contribution >= 0.6 is 0 Å². The highest BCUT2D eigenvalue weighted by atomic mass is 16.5. The molecule has 1 aliphatic heterocycles. The second-order valence-corrected chi connectivity index (χ2v) is 7.79. The van der Waals surface area contributed by atoms with Crippen LogP contribution in [-0.4, -0.2) is 47.3 Å². The Morgan fingerprint density at radius 2 is 2.04 bits per heavy atom. The van der Waals surface area contributed by atoms with Crippen molar-refractivity contribution in [2.75, 3.05) is 19.8 Å². The maximum Gasteiger partial charge on any atom is 0.248 e. The van der Waals surface area contributed by atoms with E-state index in [1.807, 2.05) is 30.0 Å². The van der Waals surface area contributed by atoms with Crippen LogP contribution in [0.2, 0.25) is 0 Å². The molecule has 138 valence electrons. The van der Waals surface area contributed by atoms with Crippen LogP contribution in [0.3, 0.4) is 0 Å². The van der Waals surface area contributed by atoms with Crippen molar-refractivity contribution >= 4 is 5.91 Å². The van der Waals surface area contributed by atoms with E-state index in [0.717, 1.165) is 51.5 Å². The number of hydrogen-bond acceptors (Lipinski definition) is 3. The summed E-state index contributed by atoms with van der Waals surface area (Å²) in [6.07, 6.45) is 7.00. The highest BCUT2D eigenvalue weighted by Crippen LogP contribution is 2.40. The first kappa shape index (κ1) is 18.4. The highest BCUT2D eigenvalue weighted by Gasteiger charge is 2.44. The van der Waals surface area contributed by atoms with Crippen molar-refractivity contribution in [1.29, 1.82) is 0 Å². The summed E-state index contributed by atoms with van der Waals surface area (Å²) in [6.45, 7) is 3.47. The largest absolute Gasteiger partial charge is 0.390 e. The Morgan fingerprint density at radius 1 is 1.24 bits per heavy atom. The number of carbonyl (C=O) groups excluding carboxylic acids is 1. The Bertz CT molecular complexity index is 558. The van der Waals surface area contributed by atoms with E-state index in [9.17, 15) is 9.90 Å². The summed E-state index contributed by atoms with van der Waals surface area (Å²) in [5.41, 5.74) is 0.590. The van der Waals surface area contributed by atoms with Gasteiger partial charge in [0.05, 0.1) is 12.2 Å². The number of benzene rings is 1. The van der Waals surface area contributed by atoms with Crippen molar-refractivity contribution in [3.8, 4) is 0 Å². The molecule has 1 aromatic rings. The van der Waals surface area contributed by atoms with Crippen LogP contribution < -0.4 is 0 Å². The van der Waals surface area contributed by atoms with Crippen molar-refractivity contribution < 1.29 is 14.6 Å². The maximum atomic E-state index is 12.6. The quantitative estimate of drug-likeness (QED) is 0.806. The summed E-state index contributed by atoms with van der Waals surface area (Å²) in [5, 5.41) is 10.8. The molecule has 3 atom stereocenters. The number of carbonyl (C=O) groups is 1. The topological polar surface area (TPSA) is 49.8 Å². The SMILES string of the molecule is C[C@]1(O)CCCC[C@H]1[C@@H]1CCCN1C(=O)COCCc1ccccc1. The van der Waals surface area contributed by atoms with Gasteiger partial charge in [0.1, 0.15) is 6.61 Å². The van der Waals surface area contributed by atoms with Gasteiger partial charge in [-0.1, -0.05) is 43.2 Å². The van der Waals surface area contributed by atoms with Gasteiger partial charge in [-0.25, -0.2) is 0 Å².